The smallest absolute Gasteiger partial charge is 0.286 e. The molecule has 154 valence electrons. The lowest BCUT2D eigenvalue weighted by atomic mass is 9.88. The summed E-state index contributed by atoms with van der Waals surface area (Å²) >= 11 is 1.04. The zero-order chi connectivity index (χ0) is 21.2. The third-order valence-corrected chi connectivity index (χ3v) is 6.45. The normalized spacial score (nSPS) is 16.2. The molecular weight excluding hydrogens is 408 g/mol. The number of aromatic nitrogens is 1. The van der Waals surface area contributed by atoms with E-state index in [0.29, 0.717) is 18.7 Å². The highest BCUT2D eigenvalue weighted by molar-refractivity contribution is 8.15. The highest BCUT2D eigenvalue weighted by atomic mass is 32.2. The van der Waals surface area contributed by atoms with E-state index in [0.717, 1.165) is 28.4 Å². The topological polar surface area (TPSA) is 72.2 Å². The lowest BCUT2D eigenvalue weighted by molar-refractivity contribution is -0.118. The average molecular weight is 429 g/mol. The van der Waals surface area contributed by atoms with Gasteiger partial charge in [-0.25, -0.2) is 4.98 Å². The van der Waals surface area contributed by atoms with Crippen LogP contribution in [-0.2, 0) is 17.6 Å². The van der Waals surface area contributed by atoms with Crippen LogP contribution >= 0.6 is 11.8 Å². The molecule has 0 bridgehead atoms. The molecule has 2 amide bonds. The Bertz CT molecular complexity index is 1200. The second-order valence-corrected chi connectivity index (χ2v) is 8.75. The summed E-state index contributed by atoms with van der Waals surface area (Å²) in [6, 6.07) is 26.5. The number of nitrogens with one attached hydrogen (secondary N) is 1. The maximum atomic E-state index is 11.9. The Balaban J connectivity index is 1.41. The van der Waals surface area contributed by atoms with E-state index < -0.39 is 5.25 Å². The highest BCUT2D eigenvalue weighted by Crippen LogP contribution is 2.30. The fourth-order valence-electron chi connectivity index (χ4n) is 3.95. The first-order valence-corrected chi connectivity index (χ1v) is 11.0. The van der Waals surface area contributed by atoms with E-state index in [1.54, 1.807) is 0 Å². The molecule has 0 spiro atoms. The lowest BCUT2D eigenvalue weighted by Gasteiger charge is -2.16. The Morgan fingerprint density at radius 2 is 1.61 bits per heavy atom. The van der Waals surface area contributed by atoms with Crippen LogP contribution in [0.2, 0.25) is 0 Å². The van der Waals surface area contributed by atoms with E-state index in [1.807, 2.05) is 54.6 Å². The van der Waals surface area contributed by atoms with Gasteiger partial charge in [-0.2, -0.15) is 0 Å². The van der Waals surface area contributed by atoms with E-state index in [2.05, 4.69) is 29.6 Å². The first kappa shape index (κ1) is 19.6. The third kappa shape index (κ3) is 4.25. The number of hydrogen-bond acceptors (Lipinski definition) is 5. The van der Waals surface area contributed by atoms with Crippen molar-refractivity contribution in [2.24, 2.45) is 0 Å². The summed E-state index contributed by atoms with van der Waals surface area (Å²) in [7, 11) is 0. The molecule has 1 saturated heterocycles. The number of nitrogens with zero attached hydrogens (tertiary/aromatic N) is 1. The number of rotatable bonds is 6. The first-order valence-electron chi connectivity index (χ1n) is 10.2. The van der Waals surface area contributed by atoms with Crippen molar-refractivity contribution in [3.05, 3.63) is 101 Å². The number of carbonyl (C=O) groups is 2. The monoisotopic (exact) mass is 428 g/mol. The van der Waals surface area contributed by atoms with Gasteiger partial charge >= 0.3 is 0 Å². The van der Waals surface area contributed by atoms with Crippen LogP contribution in [0.4, 0.5) is 4.79 Å². The molecule has 0 saturated carbocycles. The highest BCUT2D eigenvalue weighted by Gasteiger charge is 2.31. The Labute approximate surface area is 183 Å². The van der Waals surface area contributed by atoms with Gasteiger partial charge in [0.15, 0.2) is 11.5 Å². The molecule has 1 aliphatic rings. The molecule has 1 fully saturated rings. The number of amides is 2. The Kier molecular flexibility index (Phi) is 5.30. The van der Waals surface area contributed by atoms with Crippen molar-refractivity contribution in [2.75, 3.05) is 0 Å². The molecule has 1 atom stereocenters. The van der Waals surface area contributed by atoms with Gasteiger partial charge in [0, 0.05) is 12.3 Å². The molecule has 31 heavy (non-hydrogen) atoms. The van der Waals surface area contributed by atoms with Crippen LogP contribution in [0.5, 0.6) is 0 Å². The van der Waals surface area contributed by atoms with Crippen LogP contribution in [0.1, 0.15) is 28.5 Å². The molecule has 6 heteroatoms. The van der Waals surface area contributed by atoms with Crippen molar-refractivity contribution in [2.45, 2.75) is 24.0 Å². The van der Waals surface area contributed by atoms with Crippen molar-refractivity contribution in [3.8, 4) is 0 Å². The minimum atomic E-state index is -0.392. The minimum Gasteiger partial charge on any atom is -0.441 e. The van der Waals surface area contributed by atoms with Crippen LogP contribution in [-0.4, -0.2) is 21.4 Å². The standard InChI is InChI=1S/C25H20N2O3S/c28-24-22(31-25(29)27-24)14-16-11-12-21-20(13-16)26-23(30-21)15-19(17-7-3-1-4-8-17)18-9-5-2-6-10-18/h1-13,19,22H,14-15H2,(H,27,28,29). The summed E-state index contributed by atoms with van der Waals surface area (Å²) in [5.41, 5.74) is 4.87. The molecule has 3 aromatic carbocycles. The van der Waals surface area contributed by atoms with Crippen LogP contribution in [0.25, 0.3) is 11.1 Å². The molecule has 1 N–H and O–H groups in total. The van der Waals surface area contributed by atoms with Gasteiger partial charge in [0.1, 0.15) is 5.52 Å². The summed E-state index contributed by atoms with van der Waals surface area (Å²) in [5.74, 6) is 0.581. The predicted octanol–water partition coefficient (Wildman–Crippen LogP) is 5.10. The second kappa shape index (κ2) is 8.40. The Hall–Kier alpha value is -3.38. The van der Waals surface area contributed by atoms with Crippen LogP contribution < -0.4 is 5.32 Å². The fourth-order valence-corrected chi connectivity index (χ4v) is 4.81. The van der Waals surface area contributed by atoms with E-state index in [4.69, 9.17) is 9.40 Å². The minimum absolute atomic E-state index is 0.138. The van der Waals surface area contributed by atoms with Crippen molar-refractivity contribution in [1.82, 2.24) is 10.3 Å². The van der Waals surface area contributed by atoms with Gasteiger partial charge in [0.05, 0.1) is 5.25 Å². The Morgan fingerprint density at radius 1 is 0.935 bits per heavy atom. The molecule has 1 unspecified atom stereocenters. The van der Waals surface area contributed by atoms with Gasteiger partial charge in [-0.3, -0.25) is 14.9 Å². The molecule has 4 aromatic rings. The molecule has 5 rings (SSSR count). The third-order valence-electron chi connectivity index (χ3n) is 5.47. The summed E-state index contributed by atoms with van der Waals surface area (Å²) in [6.07, 6.45) is 1.13. The number of carbonyl (C=O) groups excluding carboxylic acids is 2. The van der Waals surface area contributed by atoms with Crippen molar-refractivity contribution < 1.29 is 14.0 Å². The number of imide groups is 1. The van der Waals surface area contributed by atoms with Gasteiger partial charge in [-0.15, -0.1) is 0 Å². The fraction of sp³-hybridized carbons (Fsp3) is 0.160. The van der Waals surface area contributed by atoms with Gasteiger partial charge < -0.3 is 4.42 Å². The molecule has 0 radical (unpaired) electrons. The van der Waals surface area contributed by atoms with Crippen molar-refractivity contribution in [1.29, 1.82) is 0 Å². The van der Waals surface area contributed by atoms with Gasteiger partial charge in [0.25, 0.3) is 5.24 Å². The van der Waals surface area contributed by atoms with Crippen LogP contribution in [0, 0.1) is 0 Å². The van der Waals surface area contributed by atoms with E-state index in [-0.39, 0.29) is 17.1 Å². The molecule has 0 aliphatic carbocycles. The maximum Gasteiger partial charge on any atom is 0.286 e. The number of oxazole rings is 1. The summed E-state index contributed by atoms with van der Waals surface area (Å²) < 4.78 is 6.05. The largest absolute Gasteiger partial charge is 0.441 e. The Morgan fingerprint density at radius 3 is 2.23 bits per heavy atom. The SMILES string of the molecule is O=C1NC(=O)C(Cc2ccc3oc(CC(c4ccccc4)c4ccccc4)nc3c2)S1. The molecule has 1 aromatic heterocycles. The van der Waals surface area contributed by atoms with Gasteiger partial charge in [-0.1, -0.05) is 78.5 Å². The number of hydrogen-bond donors (Lipinski definition) is 1. The van der Waals surface area contributed by atoms with Gasteiger partial charge in [-0.05, 0) is 35.2 Å². The first-order chi connectivity index (χ1) is 15.2. The zero-order valence-corrected chi connectivity index (χ0v) is 17.5. The van der Waals surface area contributed by atoms with E-state index in [9.17, 15) is 9.59 Å². The molecule has 1 aliphatic heterocycles. The molecule has 2 heterocycles. The van der Waals surface area contributed by atoms with E-state index >= 15 is 0 Å². The zero-order valence-electron chi connectivity index (χ0n) is 16.7. The average Bonchev–Trinajstić information content (AvgIpc) is 3.34. The second-order valence-electron chi connectivity index (χ2n) is 7.58. The lowest BCUT2D eigenvalue weighted by Crippen LogP contribution is -2.25. The maximum absolute atomic E-state index is 11.9. The molecule has 5 nitrogen and oxygen atoms in total. The number of benzene rings is 3. The summed E-state index contributed by atoms with van der Waals surface area (Å²) in [5, 5.41) is 1.66. The molecular formula is C25H20N2O3S. The van der Waals surface area contributed by atoms with Gasteiger partial charge in [0.2, 0.25) is 5.91 Å². The summed E-state index contributed by atoms with van der Waals surface area (Å²) in [4.78, 5) is 28.0. The number of thioether (sulfide) groups is 1. The van der Waals surface area contributed by atoms with Crippen molar-refractivity contribution >= 4 is 34.0 Å². The van der Waals surface area contributed by atoms with Crippen molar-refractivity contribution in [3.63, 3.8) is 0 Å². The predicted molar refractivity (Wildman–Crippen MR) is 121 cm³/mol. The van der Waals surface area contributed by atoms with E-state index in [1.165, 1.54) is 11.1 Å². The van der Waals surface area contributed by atoms with Crippen LogP contribution in [0.3, 0.4) is 0 Å². The quantitative estimate of drug-likeness (QED) is 0.463. The number of fused-ring (bicyclic) bond motifs is 1. The van der Waals surface area contributed by atoms with Crippen LogP contribution in [0.15, 0.2) is 83.3 Å². The summed E-state index contributed by atoms with van der Waals surface area (Å²) in [6.45, 7) is 0.